The quantitative estimate of drug-likeness (QED) is 0.718. The molecule has 2 aliphatic rings. The van der Waals surface area contributed by atoms with E-state index in [9.17, 15) is 4.79 Å². The summed E-state index contributed by atoms with van der Waals surface area (Å²) in [4.78, 5) is 11.8. The van der Waals surface area contributed by atoms with Crippen LogP contribution in [0.5, 0.6) is 0 Å². The minimum Gasteiger partial charge on any atom is -0.355 e. The topological polar surface area (TPSA) is 55.1 Å². The standard InChI is InChI=1S/C12H22N2O/c1-11(2)7-9(11)10(15)14-8-12(3-4-12)5-6-13/h9H,3-8,13H2,1-2H3,(H,14,15). The first-order chi connectivity index (χ1) is 6.99. The third-order valence-electron chi connectivity index (χ3n) is 4.10. The highest BCUT2D eigenvalue weighted by Crippen LogP contribution is 2.52. The van der Waals surface area contributed by atoms with E-state index in [2.05, 4.69) is 19.2 Å². The van der Waals surface area contributed by atoms with Crippen molar-refractivity contribution in [3.8, 4) is 0 Å². The van der Waals surface area contributed by atoms with E-state index < -0.39 is 0 Å². The van der Waals surface area contributed by atoms with Gasteiger partial charge in [-0.1, -0.05) is 13.8 Å². The molecule has 0 aliphatic heterocycles. The third-order valence-corrected chi connectivity index (χ3v) is 4.10. The molecule has 3 N–H and O–H groups in total. The predicted molar refractivity (Wildman–Crippen MR) is 60.2 cm³/mol. The summed E-state index contributed by atoms with van der Waals surface area (Å²) in [6, 6.07) is 0. The SMILES string of the molecule is CC1(C)CC1C(=O)NCC1(CCN)CC1. The van der Waals surface area contributed by atoms with E-state index in [1.807, 2.05) is 0 Å². The van der Waals surface area contributed by atoms with E-state index in [0.717, 1.165) is 25.9 Å². The maximum Gasteiger partial charge on any atom is 0.223 e. The van der Waals surface area contributed by atoms with Crippen molar-refractivity contribution < 1.29 is 4.79 Å². The number of nitrogens with one attached hydrogen (secondary N) is 1. The largest absolute Gasteiger partial charge is 0.355 e. The lowest BCUT2D eigenvalue weighted by atomic mass is 10.0. The Labute approximate surface area is 91.8 Å². The molecule has 0 aromatic heterocycles. The van der Waals surface area contributed by atoms with Crippen molar-refractivity contribution in [3.63, 3.8) is 0 Å². The Balaban J connectivity index is 1.72. The summed E-state index contributed by atoms with van der Waals surface area (Å²) in [6.07, 6.45) is 4.57. The summed E-state index contributed by atoms with van der Waals surface area (Å²) in [6.45, 7) is 5.90. The Morgan fingerprint density at radius 1 is 1.47 bits per heavy atom. The van der Waals surface area contributed by atoms with Crippen LogP contribution in [0.15, 0.2) is 0 Å². The molecule has 2 aliphatic carbocycles. The third kappa shape index (κ3) is 2.33. The zero-order valence-electron chi connectivity index (χ0n) is 9.81. The molecule has 0 aromatic carbocycles. The summed E-state index contributed by atoms with van der Waals surface area (Å²) in [7, 11) is 0. The number of carbonyl (C=O) groups excluding carboxylic acids is 1. The molecule has 3 heteroatoms. The fraction of sp³-hybridized carbons (Fsp3) is 0.917. The smallest absolute Gasteiger partial charge is 0.223 e. The second kappa shape index (κ2) is 3.48. The van der Waals surface area contributed by atoms with E-state index in [1.165, 1.54) is 12.8 Å². The van der Waals surface area contributed by atoms with Crippen molar-refractivity contribution in [2.75, 3.05) is 13.1 Å². The normalized spacial score (nSPS) is 29.7. The molecule has 0 saturated heterocycles. The van der Waals surface area contributed by atoms with Gasteiger partial charge in [-0.15, -0.1) is 0 Å². The van der Waals surface area contributed by atoms with Crippen molar-refractivity contribution in [1.29, 1.82) is 0 Å². The van der Waals surface area contributed by atoms with Crippen LogP contribution in [0.2, 0.25) is 0 Å². The molecular formula is C12H22N2O. The van der Waals surface area contributed by atoms with Gasteiger partial charge in [-0.2, -0.15) is 0 Å². The lowest BCUT2D eigenvalue weighted by Crippen LogP contribution is -2.33. The molecule has 0 radical (unpaired) electrons. The van der Waals surface area contributed by atoms with Crippen LogP contribution in [0.4, 0.5) is 0 Å². The Morgan fingerprint density at radius 2 is 2.07 bits per heavy atom. The van der Waals surface area contributed by atoms with E-state index >= 15 is 0 Å². The van der Waals surface area contributed by atoms with E-state index in [1.54, 1.807) is 0 Å². The van der Waals surface area contributed by atoms with Crippen molar-refractivity contribution in [1.82, 2.24) is 5.32 Å². The summed E-state index contributed by atoms with van der Waals surface area (Å²) >= 11 is 0. The van der Waals surface area contributed by atoms with Gasteiger partial charge in [0.2, 0.25) is 5.91 Å². The van der Waals surface area contributed by atoms with Crippen LogP contribution in [0.1, 0.15) is 39.5 Å². The van der Waals surface area contributed by atoms with Gasteiger partial charge < -0.3 is 11.1 Å². The summed E-state index contributed by atoms with van der Waals surface area (Å²) < 4.78 is 0. The molecule has 0 aromatic rings. The minimum atomic E-state index is 0.245. The molecule has 1 atom stereocenters. The molecule has 15 heavy (non-hydrogen) atoms. The Kier molecular flexibility index (Phi) is 2.53. The van der Waals surface area contributed by atoms with Gasteiger partial charge in [-0.3, -0.25) is 4.79 Å². The van der Waals surface area contributed by atoms with Gasteiger partial charge in [0.25, 0.3) is 0 Å². The van der Waals surface area contributed by atoms with Crippen molar-refractivity contribution >= 4 is 5.91 Å². The van der Waals surface area contributed by atoms with Crippen LogP contribution in [0.3, 0.4) is 0 Å². The highest BCUT2D eigenvalue weighted by Gasteiger charge is 2.51. The van der Waals surface area contributed by atoms with E-state index in [4.69, 9.17) is 5.73 Å². The molecule has 0 spiro atoms. The fourth-order valence-electron chi connectivity index (χ4n) is 2.31. The molecular weight excluding hydrogens is 188 g/mol. The fourth-order valence-corrected chi connectivity index (χ4v) is 2.31. The van der Waals surface area contributed by atoms with Crippen LogP contribution in [-0.2, 0) is 4.79 Å². The molecule has 1 unspecified atom stereocenters. The molecule has 0 heterocycles. The number of rotatable bonds is 5. The van der Waals surface area contributed by atoms with Gasteiger partial charge in [0.1, 0.15) is 0 Å². The first-order valence-electron chi connectivity index (χ1n) is 5.97. The maximum absolute atomic E-state index is 11.8. The van der Waals surface area contributed by atoms with Crippen molar-refractivity contribution in [2.24, 2.45) is 22.5 Å². The average Bonchev–Trinajstić information content (AvgIpc) is 3.03. The first kappa shape index (κ1) is 10.9. The maximum atomic E-state index is 11.8. The number of carbonyl (C=O) groups is 1. The lowest BCUT2D eigenvalue weighted by Gasteiger charge is -2.15. The van der Waals surface area contributed by atoms with Crippen LogP contribution in [-0.4, -0.2) is 19.0 Å². The van der Waals surface area contributed by atoms with Crippen molar-refractivity contribution in [3.05, 3.63) is 0 Å². The number of hydrogen-bond donors (Lipinski definition) is 2. The lowest BCUT2D eigenvalue weighted by molar-refractivity contribution is -0.123. The molecule has 1 amide bonds. The van der Waals surface area contributed by atoms with E-state index in [-0.39, 0.29) is 17.2 Å². The van der Waals surface area contributed by atoms with Gasteiger partial charge in [0, 0.05) is 12.5 Å². The van der Waals surface area contributed by atoms with Gasteiger partial charge in [0.05, 0.1) is 0 Å². The van der Waals surface area contributed by atoms with Crippen LogP contribution >= 0.6 is 0 Å². The van der Waals surface area contributed by atoms with Crippen molar-refractivity contribution in [2.45, 2.75) is 39.5 Å². The van der Waals surface area contributed by atoms with Gasteiger partial charge in [-0.25, -0.2) is 0 Å². The Morgan fingerprint density at radius 3 is 2.47 bits per heavy atom. The number of amides is 1. The highest BCUT2D eigenvalue weighted by molar-refractivity contribution is 5.82. The Hall–Kier alpha value is -0.570. The molecule has 3 nitrogen and oxygen atoms in total. The molecule has 2 rings (SSSR count). The average molecular weight is 210 g/mol. The number of hydrogen-bond acceptors (Lipinski definition) is 2. The molecule has 86 valence electrons. The van der Waals surface area contributed by atoms with Crippen LogP contribution < -0.4 is 11.1 Å². The zero-order valence-corrected chi connectivity index (χ0v) is 9.81. The second-order valence-corrected chi connectivity index (χ2v) is 6.00. The summed E-state index contributed by atoms with van der Waals surface area (Å²) in [5.74, 6) is 0.509. The Bertz CT molecular complexity index is 269. The van der Waals surface area contributed by atoms with Gasteiger partial charge >= 0.3 is 0 Å². The van der Waals surface area contributed by atoms with Crippen LogP contribution in [0, 0.1) is 16.7 Å². The molecule has 0 bridgehead atoms. The van der Waals surface area contributed by atoms with Gasteiger partial charge in [-0.05, 0) is 43.1 Å². The minimum absolute atomic E-state index is 0.245. The second-order valence-electron chi connectivity index (χ2n) is 6.00. The molecule has 2 saturated carbocycles. The van der Waals surface area contributed by atoms with Gasteiger partial charge in [0.15, 0.2) is 0 Å². The van der Waals surface area contributed by atoms with Crippen LogP contribution in [0.25, 0.3) is 0 Å². The predicted octanol–water partition coefficient (Wildman–Crippen LogP) is 1.28. The molecule has 2 fully saturated rings. The number of nitrogens with two attached hydrogens (primary N) is 1. The zero-order chi connectivity index (χ0) is 11.1. The highest BCUT2D eigenvalue weighted by atomic mass is 16.2. The monoisotopic (exact) mass is 210 g/mol. The summed E-state index contributed by atoms with van der Waals surface area (Å²) in [5.41, 5.74) is 6.17. The summed E-state index contributed by atoms with van der Waals surface area (Å²) in [5, 5.41) is 3.09. The van der Waals surface area contributed by atoms with E-state index in [0.29, 0.717) is 5.41 Å². The first-order valence-corrected chi connectivity index (χ1v) is 5.97.